The number of hydrogen-bond donors (Lipinski definition) is 1. The van der Waals surface area contributed by atoms with Gasteiger partial charge in [-0.1, -0.05) is 13.8 Å². The highest BCUT2D eigenvalue weighted by molar-refractivity contribution is 4.85. The van der Waals surface area contributed by atoms with E-state index in [1.165, 1.54) is 71.6 Å². The third-order valence-corrected chi connectivity index (χ3v) is 4.99. The molecule has 118 valence electrons. The van der Waals surface area contributed by atoms with Crippen LogP contribution in [0.25, 0.3) is 0 Å². The van der Waals surface area contributed by atoms with E-state index < -0.39 is 0 Å². The van der Waals surface area contributed by atoms with Gasteiger partial charge in [-0.15, -0.1) is 0 Å². The maximum absolute atomic E-state index is 3.61. The first-order valence-electron chi connectivity index (χ1n) is 8.73. The second-order valence-corrected chi connectivity index (χ2v) is 6.26. The molecule has 0 aromatic heterocycles. The van der Waals surface area contributed by atoms with Crippen LogP contribution < -0.4 is 5.32 Å². The standard InChI is InChI=1S/C16H34N4/c1-3-18(4-2)13-8-17-9-14-19-10-6-12-20-11-5-7-16(20)15-19/h16-17H,3-15H2,1-2H3. The number of hydrogen-bond acceptors (Lipinski definition) is 4. The van der Waals surface area contributed by atoms with Gasteiger partial charge in [-0.25, -0.2) is 0 Å². The number of fused-ring (bicyclic) bond motifs is 1. The van der Waals surface area contributed by atoms with Crippen LogP contribution in [-0.4, -0.2) is 86.2 Å². The van der Waals surface area contributed by atoms with Gasteiger partial charge in [-0.2, -0.15) is 0 Å². The predicted molar refractivity (Wildman–Crippen MR) is 86.3 cm³/mol. The quantitative estimate of drug-likeness (QED) is 0.673. The van der Waals surface area contributed by atoms with Gasteiger partial charge < -0.3 is 15.1 Å². The Morgan fingerprint density at radius 1 is 1.05 bits per heavy atom. The fourth-order valence-corrected chi connectivity index (χ4v) is 3.63. The normalized spacial score (nSPS) is 25.1. The van der Waals surface area contributed by atoms with Crippen LogP contribution in [0.1, 0.15) is 33.1 Å². The highest BCUT2D eigenvalue weighted by atomic mass is 15.3. The van der Waals surface area contributed by atoms with Gasteiger partial charge in [0.25, 0.3) is 0 Å². The fourth-order valence-electron chi connectivity index (χ4n) is 3.63. The molecule has 0 radical (unpaired) electrons. The number of nitrogens with one attached hydrogen (secondary N) is 1. The van der Waals surface area contributed by atoms with Crippen molar-refractivity contribution in [2.45, 2.75) is 39.2 Å². The molecule has 1 atom stereocenters. The van der Waals surface area contributed by atoms with Crippen LogP contribution in [0.3, 0.4) is 0 Å². The zero-order valence-corrected chi connectivity index (χ0v) is 13.6. The highest BCUT2D eigenvalue weighted by Crippen LogP contribution is 2.20. The molecule has 2 heterocycles. The van der Waals surface area contributed by atoms with Gasteiger partial charge in [-0.05, 0) is 52.0 Å². The van der Waals surface area contributed by atoms with Gasteiger partial charge in [0.15, 0.2) is 0 Å². The Bertz CT molecular complexity index is 255. The Morgan fingerprint density at radius 3 is 2.65 bits per heavy atom. The molecule has 0 saturated carbocycles. The molecule has 1 N–H and O–H groups in total. The summed E-state index contributed by atoms with van der Waals surface area (Å²) >= 11 is 0. The van der Waals surface area contributed by atoms with Crippen LogP contribution in [0.2, 0.25) is 0 Å². The third-order valence-electron chi connectivity index (χ3n) is 4.99. The average molecular weight is 282 g/mol. The zero-order chi connectivity index (χ0) is 14.2. The first kappa shape index (κ1) is 16.2. The summed E-state index contributed by atoms with van der Waals surface area (Å²) < 4.78 is 0. The molecule has 0 amide bonds. The molecule has 2 saturated heterocycles. The molecule has 20 heavy (non-hydrogen) atoms. The predicted octanol–water partition coefficient (Wildman–Crippen LogP) is 1.09. The molecule has 0 aliphatic carbocycles. The third kappa shape index (κ3) is 4.99. The van der Waals surface area contributed by atoms with E-state index in [0.717, 1.165) is 19.1 Å². The SMILES string of the molecule is CCN(CC)CCNCCN1CCCN2CCCC2C1. The first-order chi connectivity index (χ1) is 9.83. The topological polar surface area (TPSA) is 21.8 Å². The summed E-state index contributed by atoms with van der Waals surface area (Å²) in [5, 5.41) is 3.61. The van der Waals surface area contributed by atoms with Gasteiger partial charge in [-0.3, -0.25) is 4.90 Å². The second kappa shape index (κ2) is 8.98. The molecule has 2 fully saturated rings. The second-order valence-electron chi connectivity index (χ2n) is 6.26. The Balaban J connectivity index is 1.57. The van der Waals surface area contributed by atoms with Crippen molar-refractivity contribution >= 4 is 0 Å². The smallest absolute Gasteiger partial charge is 0.0223 e. The summed E-state index contributed by atoms with van der Waals surface area (Å²) in [5.41, 5.74) is 0. The molecule has 4 heteroatoms. The van der Waals surface area contributed by atoms with Crippen LogP contribution in [0.4, 0.5) is 0 Å². The summed E-state index contributed by atoms with van der Waals surface area (Å²) in [6.07, 6.45) is 4.20. The molecule has 0 bridgehead atoms. The maximum Gasteiger partial charge on any atom is 0.0223 e. The lowest BCUT2D eigenvalue weighted by molar-refractivity contribution is 0.219. The Morgan fingerprint density at radius 2 is 1.85 bits per heavy atom. The van der Waals surface area contributed by atoms with E-state index in [2.05, 4.69) is 33.9 Å². The summed E-state index contributed by atoms with van der Waals surface area (Å²) in [5.74, 6) is 0. The van der Waals surface area contributed by atoms with E-state index in [4.69, 9.17) is 0 Å². The van der Waals surface area contributed by atoms with E-state index in [1.807, 2.05) is 0 Å². The molecule has 0 aromatic rings. The van der Waals surface area contributed by atoms with Crippen molar-refractivity contribution in [2.24, 2.45) is 0 Å². The molecule has 2 aliphatic rings. The average Bonchev–Trinajstić information content (AvgIpc) is 2.81. The molecular weight excluding hydrogens is 248 g/mol. The lowest BCUT2D eigenvalue weighted by Gasteiger charge is -2.25. The number of rotatable bonds is 8. The van der Waals surface area contributed by atoms with Crippen LogP contribution in [0.5, 0.6) is 0 Å². The molecule has 0 aromatic carbocycles. The first-order valence-corrected chi connectivity index (χ1v) is 8.73. The number of likely N-dealkylation sites (N-methyl/N-ethyl adjacent to an activating group) is 1. The number of nitrogens with zero attached hydrogens (tertiary/aromatic N) is 3. The Kier molecular flexibility index (Phi) is 7.28. The zero-order valence-electron chi connectivity index (χ0n) is 13.6. The van der Waals surface area contributed by atoms with E-state index in [1.54, 1.807) is 0 Å². The van der Waals surface area contributed by atoms with Gasteiger partial charge in [0.1, 0.15) is 0 Å². The van der Waals surface area contributed by atoms with Gasteiger partial charge >= 0.3 is 0 Å². The van der Waals surface area contributed by atoms with Gasteiger partial charge in [0.05, 0.1) is 0 Å². The largest absolute Gasteiger partial charge is 0.314 e. The fraction of sp³-hybridized carbons (Fsp3) is 1.00. The van der Waals surface area contributed by atoms with Gasteiger partial charge in [0.2, 0.25) is 0 Å². The van der Waals surface area contributed by atoms with Crippen molar-refractivity contribution in [3.8, 4) is 0 Å². The van der Waals surface area contributed by atoms with Crippen LogP contribution >= 0.6 is 0 Å². The summed E-state index contributed by atoms with van der Waals surface area (Å²) in [6.45, 7) is 16.8. The highest BCUT2D eigenvalue weighted by Gasteiger charge is 2.28. The van der Waals surface area contributed by atoms with E-state index in [0.29, 0.717) is 0 Å². The van der Waals surface area contributed by atoms with Gasteiger partial charge in [0, 0.05) is 38.8 Å². The van der Waals surface area contributed by atoms with Crippen LogP contribution in [-0.2, 0) is 0 Å². The molecule has 2 rings (SSSR count). The van der Waals surface area contributed by atoms with Crippen molar-refractivity contribution in [3.63, 3.8) is 0 Å². The van der Waals surface area contributed by atoms with E-state index in [-0.39, 0.29) is 0 Å². The van der Waals surface area contributed by atoms with Crippen molar-refractivity contribution in [1.82, 2.24) is 20.0 Å². The van der Waals surface area contributed by atoms with Crippen molar-refractivity contribution < 1.29 is 0 Å². The van der Waals surface area contributed by atoms with E-state index in [9.17, 15) is 0 Å². The van der Waals surface area contributed by atoms with Crippen LogP contribution in [0, 0.1) is 0 Å². The molecule has 2 aliphatic heterocycles. The summed E-state index contributed by atoms with van der Waals surface area (Å²) in [4.78, 5) is 7.88. The van der Waals surface area contributed by atoms with Crippen LogP contribution in [0.15, 0.2) is 0 Å². The lowest BCUT2D eigenvalue weighted by atomic mass is 10.2. The minimum absolute atomic E-state index is 0.855. The summed E-state index contributed by atoms with van der Waals surface area (Å²) in [6, 6.07) is 0.855. The Hall–Kier alpha value is -0.160. The maximum atomic E-state index is 3.61. The van der Waals surface area contributed by atoms with Crippen molar-refractivity contribution in [3.05, 3.63) is 0 Å². The molecule has 4 nitrogen and oxygen atoms in total. The van der Waals surface area contributed by atoms with E-state index >= 15 is 0 Å². The summed E-state index contributed by atoms with van der Waals surface area (Å²) in [7, 11) is 0. The van der Waals surface area contributed by atoms with Crippen molar-refractivity contribution in [1.29, 1.82) is 0 Å². The van der Waals surface area contributed by atoms with Crippen molar-refractivity contribution in [2.75, 3.05) is 65.4 Å². The molecule has 0 spiro atoms. The minimum Gasteiger partial charge on any atom is -0.314 e. The lowest BCUT2D eigenvalue weighted by Crippen LogP contribution is -2.40. The Labute approximate surface area is 125 Å². The molecular formula is C16H34N4. The molecule has 1 unspecified atom stereocenters. The minimum atomic E-state index is 0.855. The monoisotopic (exact) mass is 282 g/mol.